The van der Waals surface area contributed by atoms with Gasteiger partial charge in [-0.3, -0.25) is 14.9 Å². The van der Waals surface area contributed by atoms with Crippen LogP contribution in [0, 0.1) is 11.8 Å². The van der Waals surface area contributed by atoms with Crippen LogP contribution in [-0.2, 0) is 11.2 Å². The minimum Gasteiger partial charge on any atom is -0.454 e. The molecule has 0 radical (unpaired) electrons. The Hall–Kier alpha value is -2.61. The van der Waals surface area contributed by atoms with Gasteiger partial charge in [-0.15, -0.1) is 11.3 Å². The van der Waals surface area contributed by atoms with Crippen LogP contribution in [0.2, 0.25) is 0 Å². The number of likely N-dealkylation sites (tertiary alicyclic amines) is 1. The lowest BCUT2D eigenvalue weighted by Crippen LogP contribution is -2.45. The maximum absolute atomic E-state index is 13.3. The van der Waals surface area contributed by atoms with Crippen molar-refractivity contribution in [1.29, 1.82) is 0 Å². The zero-order chi connectivity index (χ0) is 21.5. The Kier molecular flexibility index (Phi) is 5.33. The van der Waals surface area contributed by atoms with E-state index in [-0.39, 0.29) is 24.5 Å². The van der Waals surface area contributed by atoms with Gasteiger partial charge in [0, 0.05) is 23.5 Å². The van der Waals surface area contributed by atoms with Gasteiger partial charge >= 0.3 is 0 Å². The number of rotatable bonds is 3. The second kappa shape index (κ2) is 8.15. The Labute approximate surface area is 185 Å². The Balaban J connectivity index is 1.33. The first-order valence-corrected chi connectivity index (χ1v) is 11.8. The number of nitrogens with zero attached hydrogens (tertiary/aromatic N) is 2. The van der Waals surface area contributed by atoms with Gasteiger partial charge in [-0.25, -0.2) is 4.98 Å². The van der Waals surface area contributed by atoms with Crippen LogP contribution in [0.5, 0.6) is 11.5 Å². The van der Waals surface area contributed by atoms with Gasteiger partial charge in [0.15, 0.2) is 16.6 Å². The number of piperidine rings is 1. The van der Waals surface area contributed by atoms with E-state index >= 15 is 0 Å². The average Bonchev–Trinajstić information content (AvgIpc) is 3.37. The van der Waals surface area contributed by atoms with Crippen LogP contribution in [0.1, 0.15) is 60.0 Å². The van der Waals surface area contributed by atoms with Crippen molar-refractivity contribution in [3.05, 3.63) is 34.3 Å². The molecule has 1 fully saturated rings. The zero-order valence-electron chi connectivity index (χ0n) is 17.8. The van der Waals surface area contributed by atoms with Crippen molar-refractivity contribution in [2.24, 2.45) is 11.8 Å². The maximum Gasteiger partial charge on any atom is 0.257 e. The predicted molar refractivity (Wildman–Crippen MR) is 118 cm³/mol. The van der Waals surface area contributed by atoms with E-state index in [0.717, 1.165) is 42.9 Å². The number of ether oxygens (including phenoxy) is 2. The third kappa shape index (κ3) is 4.01. The van der Waals surface area contributed by atoms with Crippen LogP contribution in [-0.4, -0.2) is 41.6 Å². The molecule has 0 saturated carbocycles. The second-order valence-electron chi connectivity index (χ2n) is 8.98. The smallest absolute Gasteiger partial charge is 0.257 e. The van der Waals surface area contributed by atoms with Crippen molar-refractivity contribution in [2.75, 3.05) is 25.2 Å². The molecule has 2 aromatic rings. The quantitative estimate of drug-likeness (QED) is 0.777. The first-order valence-electron chi connectivity index (χ1n) is 11.0. The molecule has 8 heteroatoms. The van der Waals surface area contributed by atoms with Gasteiger partial charge in [0.2, 0.25) is 12.7 Å². The number of carbonyl (C=O) groups excluding carboxylic acids is 2. The zero-order valence-corrected chi connectivity index (χ0v) is 18.7. The van der Waals surface area contributed by atoms with Crippen LogP contribution >= 0.6 is 11.3 Å². The van der Waals surface area contributed by atoms with E-state index in [1.54, 1.807) is 18.2 Å². The molecule has 3 aliphatic rings. The number of aryl methyl sites for hydroxylation is 1. The summed E-state index contributed by atoms with van der Waals surface area (Å²) in [6.07, 6.45) is 3.88. The Morgan fingerprint density at radius 2 is 1.94 bits per heavy atom. The number of anilines is 1. The molecule has 2 amide bonds. The predicted octanol–water partition coefficient (Wildman–Crippen LogP) is 4.05. The summed E-state index contributed by atoms with van der Waals surface area (Å²) < 4.78 is 10.7. The van der Waals surface area contributed by atoms with Crippen molar-refractivity contribution in [2.45, 2.75) is 45.4 Å². The molecule has 0 bridgehead atoms. The highest BCUT2D eigenvalue weighted by Gasteiger charge is 2.35. The van der Waals surface area contributed by atoms with Crippen molar-refractivity contribution < 1.29 is 19.1 Å². The lowest BCUT2D eigenvalue weighted by Gasteiger charge is -2.37. The maximum atomic E-state index is 13.3. The van der Waals surface area contributed by atoms with Gasteiger partial charge < -0.3 is 14.4 Å². The summed E-state index contributed by atoms with van der Waals surface area (Å²) in [7, 11) is 0. The number of hydrogen-bond donors (Lipinski definition) is 1. The van der Waals surface area contributed by atoms with Crippen LogP contribution in [0.25, 0.3) is 0 Å². The second-order valence-corrected chi connectivity index (χ2v) is 10.1. The summed E-state index contributed by atoms with van der Waals surface area (Å²) in [6, 6.07) is 5.12. The van der Waals surface area contributed by atoms with Crippen molar-refractivity contribution in [1.82, 2.24) is 9.88 Å². The number of hydrogen-bond acceptors (Lipinski definition) is 6. The Morgan fingerprint density at radius 3 is 2.74 bits per heavy atom. The summed E-state index contributed by atoms with van der Waals surface area (Å²) in [5, 5.41) is 3.46. The molecule has 1 N–H and O–H groups in total. The topological polar surface area (TPSA) is 80.8 Å². The molecule has 3 atom stereocenters. The first kappa shape index (κ1) is 20.3. The standard InChI is InChI=1S/C23H27N3O4S/c1-13-8-14(2)11-26(10-13)22(28)16-4-3-5-19-20(16)24-23(31-19)25-21(27)15-6-7-17-18(9-15)30-12-29-17/h6-7,9,13-14,16H,3-5,8,10-12H2,1-2H3,(H,24,25,27)/t13-,14+,16-/m0/s1. The molecular weight excluding hydrogens is 414 g/mol. The van der Waals surface area contributed by atoms with Crippen LogP contribution < -0.4 is 14.8 Å². The Bertz CT molecular complexity index is 1010. The fraction of sp³-hybridized carbons (Fsp3) is 0.522. The number of nitrogens with one attached hydrogen (secondary N) is 1. The van der Waals surface area contributed by atoms with E-state index in [2.05, 4.69) is 19.2 Å². The molecule has 1 aliphatic carbocycles. The number of amides is 2. The summed E-state index contributed by atoms with van der Waals surface area (Å²) in [6.45, 7) is 6.26. The number of carbonyl (C=O) groups is 2. The highest BCUT2D eigenvalue weighted by atomic mass is 32.1. The molecule has 0 spiro atoms. The fourth-order valence-electron chi connectivity index (χ4n) is 4.98. The molecule has 1 aromatic heterocycles. The summed E-state index contributed by atoms with van der Waals surface area (Å²) in [5.74, 6) is 2.02. The van der Waals surface area contributed by atoms with E-state index in [1.165, 1.54) is 17.8 Å². The van der Waals surface area contributed by atoms with Gasteiger partial charge in [-0.2, -0.15) is 0 Å². The van der Waals surface area contributed by atoms with E-state index in [4.69, 9.17) is 14.5 Å². The third-order valence-corrected chi connectivity index (χ3v) is 7.33. The molecular formula is C23H27N3O4S. The van der Waals surface area contributed by atoms with Crippen LogP contribution in [0.3, 0.4) is 0 Å². The van der Waals surface area contributed by atoms with Crippen LogP contribution in [0.4, 0.5) is 5.13 Å². The SMILES string of the molecule is C[C@@H]1C[C@H](C)CN(C(=O)[C@H]2CCCc3sc(NC(=O)c4ccc5c(c4)OCO5)nc32)C1. The Morgan fingerprint density at radius 1 is 1.16 bits per heavy atom. The van der Waals surface area contributed by atoms with Gasteiger partial charge in [0.25, 0.3) is 5.91 Å². The molecule has 0 unspecified atom stereocenters. The molecule has 164 valence electrons. The molecule has 1 aromatic carbocycles. The molecule has 3 heterocycles. The molecule has 2 aliphatic heterocycles. The molecule has 5 rings (SSSR count). The van der Waals surface area contributed by atoms with Crippen molar-refractivity contribution in [3.8, 4) is 11.5 Å². The number of aromatic nitrogens is 1. The van der Waals surface area contributed by atoms with E-state index in [9.17, 15) is 9.59 Å². The number of fused-ring (bicyclic) bond motifs is 2. The van der Waals surface area contributed by atoms with Gasteiger partial charge in [-0.05, 0) is 55.7 Å². The summed E-state index contributed by atoms with van der Waals surface area (Å²) in [5.41, 5.74) is 1.34. The van der Waals surface area contributed by atoms with Crippen LogP contribution in [0.15, 0.2) is 18.2 Å². The third-order valence-electron chi connectivity index (χ3n) is 6.29. The van der Waals surface area contributed by atoms with Crippen molar-refractivity contribution in [3.63, 3.8) is 0 Å². The van der Waals surface area contributed by atoms with Gasteiger partial charge in [0.05, 0.1) is 11.6 Å². The minimum atomic E-state index is -0.244. The first-order chi connectivity index (χ1) is 15.0. The monoisotopic (exact) mass is 441 g/mol. The largest absolute Gasteiger partial charge is 0.454 e. The lowest BCUT2D eigenvalue weighted by atomic mass is 9.87. The molecule has 31 heavy (non-hydrogen) atoms. The summed E-state index contributed by atoms with van der Waals surface area (Å²) in [4.78, 5) is 33.9. The highest BCUT2D eigenvalue weighted by molar-refractivity contribution is 7.16. The average molecular weight is 442 g/mol. The van der Waals surface area contributed by atoms with Crippen molar-refractivity contribution >= 4 is 28.3 Å². The van der Waals surface area contributed by atoms with E-state index in [1.807, 2.05) is 4.90 Å². The van der Waals surface area contributed by atoms with Gasteiger partial charge in [0.1, 0.15) is 0 Å². The normalized spacial score (nSPS) is 24.6. The highest BCUT2D eigenvalue weighted by Crippen LogP contribution is 2.39. The fourth-order valence-corrected chi connectivity index (χ4v) is 6.04. The number of thiazole rings is 1. The van der Waals surface area contributed by atoms with E-state index < -0.39 is 0 Å². The lowest BCUT2D eigenvalue weighted by molar-refractivity contribution is -0.136. The molecule has 1 saturated heterocycles. The number of benzene rings is 1. The summed E-state index contributed by atoms with van der Waals surface area (Å²) >= 11 is 1.48. The minimum absolute atomic E-state index is 0.170. The molecule has 7 nitrogen and oxygen atoms in total. The van der Waals surface area contributed by atoms with Gasteiger partial charge in [-0.1, -0.05) is 13.8 Å². The van der Waals surface area contributed by atoms with E-state index in [0.29, 0.717) is 34.0 Å².